The van der Waals surface area contributed by atoms with Crippen LogP contribution in [0.3, 0.4) is 0 Å². The Bertz CT molecular complexity index is 1370. The van der Waals surface area contributed by atoms with Gasteiger partial charge in [-0.3, -0.25) is 20.2 Å². The molecule has 4 N–H and O–H groups in total. The summed E-state index contributed by atoms with van der Waals surface area (Å²) in [6, 6.07) is 11.7. The fraction of sp³-hybridized carbons (Fsp3) is 0.160. The molecule has 0 aliphatic rings. The van der Waals surface area contributed by atoms with Gasteiger partial charge in [0.25, 0.3) is 5.91 Å². The predicted octanol–water partition coefficient (Wildman–Crippen LogP) is 4.76. The third kappa shape index (κ3) is 7.67. The number of nitrogens with one attached hydrogen (secondary N) is 3. The highest BCUT2D eigenvalue weighted by Gasteiger charge is 2.23. The lowest BCUT2D eigenvalue weighted by Crippen LogP contribution is -2.43. The highest BCUT2D eigenvalue weighted by atomic mass is 79.9. The SMILES string of the molecule is C=CCOc1ccc(-c2noc(C)c2C(=O)NC(=NCc2ccc(NC(=O)CBr)c(Cl)c2)NC(=O)O)cc1. The van der Waals surface area contributed by atoms with E-state index in [0.717, 1.165) is 0 Å². The van der Waals surface area contributed by atoms with E-state index in [2.05, 4.69) is 48.6 Å². The van der Waals surface area contributed by atoms with E-state index >= 15 is 0 Å². The summed E-state index contributed by atoms with van der Waals surface area (Å²) >= 11 is 9.28. The van der Waals surface area contributed by atoms with Gasteiger partial charge in [0.1, 0.15) is 29.4 Å². The average molecular weight is 605 g/mol. The molecule has 0 aliphatic heterocycles. The quantitative estimate of drug-likeness (QED) is 0.119. The Morgan fingerprint density at radius 3 is 2.58 bits per heavy atom. The number of amides is 3. The molecule has 0 saturated heterocycles. The van der Waals surface area contributed by atoms with Crippen LogP contribution in [0.15, 0.2) is 64.6 Å². The Morgan fingerprint density at radius 1 is 1.21 bits per heavy atom. The number of nitrogens with zero attached hydrogens (tertiary/aromatic N) is 2. The molecule has 1 heterocycles. The van der Waals surface area contributed by atoms with Gasteiger partial charge in [0, 0.05) is 5.56 Å². The van der Waals surface area contributed by atoms with Crippen LogP contribution in [-0.4, -0.2) is 46.1 Å². The van der Waals surface area contributed by atoms with Crippen LogP contribution < -0.4 is 20.7 Å². The van der Waals surface area contributed by atoms with Crippen molar-refractivity contribution >= 4 is 57.1 Å². The van der Waals surface area contributed by atoms with Crippen molar-refractivity contribution < 1.29 is 28.8 Å². The third-order valence-electron chi connectivity index (χ3n) is 4.89. The molecule has 0 saturated carbocycles. The lowest BCUT2D eigenvalue weighted by Gasteiger charge is -2.10. The summed E-state index contributed by atoms with van der Waals surface area (Å²) in [4.78, 5) is 40.2. The van der Waals surface area contributed by atoms with Gasteiger partial charge in [-0.15, -0.1) is 0 Å². The fourth-order valence-corrected chi connectivity index (χ4v) is 3.59. The number of halogens is 2. The van der Waals surface area contributed by atoms with Crippen molar-refractivity contribution in [2.45, 2.75) is 13.5 Å². The van der Waals surface area contributed by atoms with E-state index in [1.165, 1.54) is 0 Å². The second kappa shape index (κ2) is 13.4. The number of rotatable bonds is 9. The van der Waals surface area contributed by atoms with Gasteiger partial charge in [-0.2, -0.15) is 0 Å². The monoisotopic (exact) mass is 603 g/mol. The topological polar surface area (TPSA) is 155 Å². The van der Waals surface area contributed by atoms with Gasteiger partial charge < -0.3 is 19.7 Å². The molecule has 3 amide bonds. The standard InChI is InChI=1S/C25H23BrClN5O6/c1-3-10-37-17-7-5-16(6-8-17)22-21(14(2)38-32-22)23(34)30-24(31-25(35)36)28-13-15-4-9-19(18(27)11-15)29-20(33)12-26/h3-9,11H,1,10,12-13H2,2H3,(H,29,33)(H,35,36)(H2,28,30,31,34). The number of alkyl halides is 1. The Morgan fingerprint density at radius 2 is 1.95 bits per heavy atom. The Kier molecular flexibility index (Phi) is 10.0. The molecular formula is C25H23BrClN5O6. The molecule has 0 fully saturated rings. The van der Waals surface area contributed by atoms with Crippen LogP contribution in [0, 0.1) is 6.92 Å². The highest BCUT2D eigenvalue weighted by molar-refractivity contribution is 9.09. The Balaban J connectivity index is 1.79. The number of carbonyl (C=O) groups is 3. The zero-order chi connectivity index (χ0) is 27.7. The average Bonchev–Trinajstić information content (AvgIpc) is 3.28. The maximum absolute atomic E-state index is 13.1. The van der Waals surface area contributed by atoms with Crippen LogP contribution in [0.25, 0.3) is 11.3 Å². The number of benzene rings is 2. The minimum atomic E-state index is -1.42. The number of hydrogen-bond acceptors (Lipinski definition) is 7. The lowest BCUT2D eigenvalue weighted by atomic mass is 10.1. The number of aromatic nitrogens is 1. The number of ether oxygens (including phenoxy) is 1. The summed E-state index contributed by atoms with van der Waals surface area (Å²) in [6.45, 7) is 5.49. The first-order chi connectivity index (χ1) is 18.2. The normalized spacial score (nSPS) is 11.0. The molecular weight excluding hydrogens is 582 g/mol. The summed E-state index contributed by atoms with van der Waals surface area (Å²) in [5, 5.41) is 20.8. The van der Waals surface area contributed by atoms with Crippen molar-refractivity contribution in [3.05, 3.63) is 77.0 Å². The van der Waals surface area contributed by atoms with E-state index in [9.17, 15) is 19.5 Å². The summed E-state index contributed by atoms with van der Waals surface area (Å²) in [7, 11) is 0. The summed E-state index contributed by atoms with van der Waals surface area (Å²) < 4.78 is 10.7. The molecule has 0 atom stereocenters. The van der Waals surface area contributed by atoms with Gasteiger partial charge >= 0.3 is 6.09 Å². The minimum absolute atomic E-state index is 0.0239. The number of guanidine groups is 1. The number of aryl methyl sites for hydroxylation is 1. The van der Waals surface area contributed by atoms with Crippen LogP contribution in [0.2, 0.25) is 5.02 Å². The third-order valence-corrected chi connectivity index (χ3v) is 5.71. The van der Waals surface area contributed by atoms with Gasteiger partial charge in [0.05, 0.1) is 22.6 Å². The molecule has 3 aromatic rings. The van der Waals surface area contributed by atoms with Gasteiger partial charge in [-0.05, 0) is 48.9 Å². The zero-order valence-corrected chi connectivity index (χ0v) is 22.4. The first kappa shape index (κ1) is 28.4. The molecule has 198 valence electrons. The molecule has 38 heavy (non-hydrogen) atoms. The van der Waals surface area contributed by atoms with E-state index in [1.54, 1.807) is 55.5 Å². The first-order valence-electron chi connectivity index (χ1n) is 11.0. The summed E-state index contributed by atoms with van der Waals surface area (Å²) in [5.74, 6) is -0.418. The maximum atomic E-state index is 13.1. The van der Waals surface area contributed by atoms with E-state index in [4.69, 9.17) is 20.9 Å². The van der Waals surface area contributed by atoms with Crippen LogP contribution in [0.1, 0.15) is 21.7 Å². The van der Waals surface area contributed by atoms with Crippen molar-refractivity contribution in [2.24, 2.45) is 4.99 Å². The van der Waals surface area contributed by atoms with Gasteiger partial charge in [0.2, 0.25) is 11.9 Å². The van der Waals surface area contributed by atoms with Crippen LogP contribution in [-0.2, 0) is 11.3 Å². The van der Waals surface area contributed by atoms with Crippen molar-refractivity contribution in [3.8, 4) is 17.0 Å². The number of carboxylic acid groups (broad SMARTS) is 1. The predicted molar refractivity (Wildman–Crippen MR) is 146 cm³/mol. The first-order valence-corrected chi connectivity index (χ1v) is 12.5. The number of carbonyl (C=O) groups excluding carboxylic acids is 2. The molecule has 0 radical (unpaired) electrons. The number of aliphatic imine (C=N–C) groups is 1. The van der Waals surface area contributed by atoms with Crippen LogP contribution in [0.4, 0.5) is 10.5 Å². The second-order valence-electron chi connectivity index (χ2n) is 7.63. The van der Waals surface area contributed by atoms with E-state index in [0.29, 0.717) is 29.2 Å². The van der Waals surface area contributed by atoms with Crippen LogP contribution in [0.5, 0.6) is 5.75 Å². The Labute approximate surface area is 231 Å². The molecule has 3 rings (SSSR count). The Hall–Kier alpha value is -4.16. The lowest BCUT2D eigenvalue weighted by molar-refractivity contribution is -0.113. The van der Waals surface area contributed by atoms with Gasteiger partial charge in [0.15, 0.2) is 0 Å². The largest absolute Gasteiger partial charge is 0.490 e. The fourth-order valence-electron chi connectivity index (χ4n) is 3.19. The molecule has 2 aromatic carbocycles. The number of anilines is 1. The number of hydrogen-bond donors (Lipinski definition) is 4. The van der Waals surface area contributed by atoms with Crippen molar-refractivity contribution in [1.82, 2.24) is 15.8 Å². The van der Waals surface area contributed by atoms with Crippen molar-refractivity contribution in [3.63, 3.8) is 0 Å². The van der Waals surface area contributed by atoms with Crippen molar-refractivity contribution in [2.75, 3.05) is 17.3 Å². The molecule has 0 bridgehead atoms. The smallest absolute Gasteiger partial charge is 0.411 e. The molecule has 11 nitrogen and oxygen atoms in total. The molecule has 0 spiro atoms. The summed E-state index contributed by atoms with van der Waals surface area (Å²) in [5.41, 5.74) is 1.98. The van der Waals surface area contributed by atoms with Gasteiger partial charge in [-0.25, -0.2) is 9.79 Å². The van der Waals surface area contributed by atoms with Crippen LogP contribution >= 0.6 is 27.5 Å². The minimum Gasteiger partial charge on any atom is -0.490 e. The molecule has 0 aliphatic carbocycles. The van der Waals surface area contributed by atoms with E-state index in [1.807, 2.05) is 0 Å². The molecule has 13 heteroatoms. The summed E-state index contributed by atoms with van der Waals surface area (Å²) in [6.07, 6.45) is 0.198. The molecule has 1 aromatic heterocycles. The van der Waals surface area contributed by atoms with Crippen molar-refractivity contribution in [1.29, 1.82) is 0 Å². The van der Waals surface area contributed by atoms with E-state index < -0.39 is 12.0 Å². The molecule has 0 unspecified atom stereocenters. The van der Waals surface area contributed by atoms with E-state index in [-0.39, 0.29) is 45.8 Å². The maximum Gasteiger partial charge on any atom is 0.411 e. The second-order valence-corrected chi connectivity index (χ2v) is 8.60. The zero-order valence-electron chi connectivity index (χ0n) is 20.1. The van der Waals surface area contributed by atoms with Gasteiger partial charge in [-0.1, -0.05) is 51.4 Å². The highest BCUT2D eigenvalue weighted by Crippen LogP contribution is 2.27.